The van der Waals surface area contributed by atoms with Crippen LogP contribution in [0.2, 0.25) is 10.0 Å². The third kappa shape index (κ3) is 9.98. The van der Waals surface area contributed by atoms with Crippen LogP contribution in [0.3, 0.4) is 0 Å². The maximum absolute atomic E-state index is 9.10. The van der Waals surface area contributed by atoms with E-state index in [-0.39, 0.29) is 0 Å². The van der Waals surface area contributed by atoms with Crippen LogP contribution in [0.4, 0.5) is 0 Å². The first-order chi connectivity index (χ1) is 14.3. The lowest BCUT2D eigenvalue weighted by Crippen LogP contribution is -2.45. The van der Waals surface area contributed by atoms with Crippen LogP contribution >= 0.6 is 23.2 Å². The average molecular weight is 464 g/mol. The van der Waals surface area contributed by atoms with Gasteiger partial charge in [0.1, 0.15) is 5.75 Å². The minimum Gasteiger partial charge on any atom is -0.494 e. The molecule has 1 heterocycles. The van der Waals surface area contributed by atoms with Crippen LogP contribution < -0.4 is 4.74 Å². The number of halogens is 2. The maximum atomic E-state index is 9.10. The van der Waals surface area contributed by atoms with Crippen molar-refractivity contribution in [2.24, 2.45) is 5.92 Å². The molecule has 0 amide bonds. The number of benzene rings is 1. The van der Waals surface area contributed by atoms with Crippen LogP contribution in [-0.2, 0) is 14.3 Å². The number of carbonyl (C=O) groups is 2. The molecule has 170 valence electrons. The second-order valence-corrected chi connectivity index (χ2v) is 7.97. The molecule has 2 atom stereocenters. The van der Waals surface area contributed by atoms with Gasteiger partial charge in [0.25, 0.3) is 0 Å². The zero-order valence-electron chi connectivity index (χ0n) is 17.5. The lowest BCUT2D eigenvalue weighted by molar-refractivity contribution is -0.159. The fourth-order valence-corrected chi connectivity index (χ4v) is 3.60. The van der Waals surface area contributed by atoms with Crippen LogP contribution in [-0.4, -0.2) is 66.5 Å². The molecule has 1 fully saturated rings. The van der Waals surface area contributed by atoms with E-state index in [1.807, 2.05) is 13.2 Å². The van der Waals surface area contributed by atoms with Crippen molar-refractivity contribution in [3.05, 3.63) is 28.2 Å². The molecule has 1 aromatic carbocycles. The molecule has 2 N–H and O–H groups in total. The number of nitrogens with zero attached hydrogens (tertiary/aromatic N) is 1. The second kappa shape index (κ2) is 14.5. The Balaban J connectivity index is 0.000000656. The Morgan fingerprint density at radius 3 is 2.43 bits per heavy atom. The minimum atomic E-state index is -1.82. The third-order valence-electron chi connectivity index (χ3n) is 4.99. The fraction of sp³-hybridized carbons (Fsp3) is 0.619. The van der Waals surface area contributed by atoms with Crippen LogP contribution in [0.15, 0.2) is 18.2 Å². The number of hydrogen-bond acceptors (Lipinski definition) is 5. The molecule has 0 radical (unpaired) electrons. The van der Waals surface area contributed by atoms with Crippen LogP contribution in [0, 0.1) is 5.92 Å². The summed E-state index contributed by atoms with van der Waals surface area (Å²) in [5, 5.41) is 15.9. The highest BCUT2D eigenvalue weighted by atomic mass is 35.5. The van der Waals surface area contributed by atoms with Gasteiger partial charge in [-0.25, -0.2) is 9.59 Å². The molecule has 2 unspecified atom stereocenters. The first-order valence-electron chi connectivity index (χ1n) is 10.1. The molecular formula is C21H31Cl2NO6. The Hall–Kier alpha value is -1.54. The molecule has 0 bridgehead atoms. The highest BCUT2D eigenvalue weighted by Crippen LogP contribution is 2.28. The first kappa shape index (κ1) is 26.5. The molecule has 0 saturated carbocycles. The number of hydrogen-bond donors (Lipinski definition) is 2. The molecule has 30 heavy (non-hydrogen) atoms. The number of carboxylic acid groups (broad SMARTS) is 2. The molecule has 0 spiro atoms. The van der Waals surface area contributed by atoms with Crippen molar-refractivity contribution >= 4 is 35.1 Å². The summed E-state index contributed by atoms with van der Waals surface area (Å²) in [6, 6.07) is 5.40. The molecule has 1 aromatic rings. The van der Waals surface area contributed by atoms with Gasteiger partial charge in [-0.2, -0.15) is 0 Å². The van der Waals surface area contributed by atoms with Gasteiger partial charge in [0.05, 0.1) is 22.8 Å². The normalized spacial score (nSPS) is 18.9. The number of aliphatic carboxylic acids is 2. The maximum Gasteiger partial charge on any atom is 0.414 e. The molecule has 1 aliphatic rings. The summed E-state index contributed by atoms with van der Waals surface area (Å²) in [4.78, 5) is 20.7. The van der Waals surface area contributed by atoms with E-state index < -0.39 is 11.9 Å². The van der Waals surface area contributed by atoms with Crippen LogP contribution in [0.1, 0.15) is 39.0 Å². The summed E-state index contributed by atoms with van der Waals surface area (Å²) in [7, 11) is 1.83. The zero-order valence-corrected chi connectivity index (χ0v) is 19.0. The molecule has 0 aromatic heterocycles. The fourth-order valence-electron chi connectivity index (χ4n) is 3.31. The molecule has 0 aliphatic carbocycles. The van der Waals surface area contributed by atoms with E-state index in [9.17, 15) is 0 Å². The number of rotatable bonds is 9. The lowest BCUT2D eigenvalue weighted by atomic mass is 9.91. The summed E-state index contributed by atoms with van der Waals surface area (Å²) in [5.41, 5.74) is 0. The van der Waals surface area contributed by atoms with Crippen LogP contribution in [0.5, 0.6) is 5.75 Å². The van der Waals surface area contributed by atoms with E-state index in [1.165, 1.54) is 38.8 Å². The molecule has 9 heteroatoms. The van der Waals surface area contributed by atoms with E-state index in [0.717, 1.165) is 18.7 Å². The highest BCUT2D eigenvalue weighted by molar-refractivity contribution is 6.42. The summed E-state index contributed by atoms with van der Waals surface area (Å²) < 4.78 is 11.6. The van der Waals surface area contributed by atoms with Gasteiger partial charge in [0.2, 0.25) is 0 Å². The third-order valence-corrected chi connectivity index (χ3v) is 5.73. The first-order valence-corrected chi connectivity index (χ1v) is 10.8. The van der Waals surface area contributed by atoms with Gasteiger partial charge in [-0.05, 0) is 50.4 Å². The van der Waals surface area contributed by atoms with Crippen molar-refractivity contribution in [3.63, 3.8) is 0 Å². The number of unbranched alkanes of at least 4 members (excludes halogenated alkanes) is 2. The van der Waals surface area contributed by atoms with Gasteiger partial charge >= 0.3 is 11.9 Å². The van der Waals surface area contributed by atoms with Gasteiger partial charge < -0.3 is 24.6 Å². The average Bonchev–Trinajstić information content (AvgIpc) is 2.72. The SMILES string of the molecule is CCCCCN1CCC(CCOc2ccc(Cl)c(Cl)c2)C(OC)C1.O=C(O)C(=O)O. The molecule has 1 aliphatic heterocycles. The lowest BCUT2D eigenvalue weighted by Gasteiger charge is -2.37. The minimum absolute atomic E-state index is 0.304. The van der Waals surface area contributed by atoms with Gasteiger partial charge in [0, 0.05) is 19.7 Å². The van der Waals surface area contributed by atoms with Crippen molar-refractivity contribution in [2.75, 3.05) is 33.4 Å². The van der Waals surface area contributed by atoms with E-state index in [2.05, 4.69) is 11.8 Å². The van der Waals surface area contributed by atoms with Crippen molar-refractivity contribution < 1.29 is 29.3 Å². The van der Waals surface area contributed by atoms with E-state index in [4.69, 9.17) is 52.5 Å². The topological polar surface area (TPSA) is 96.3 Å². The highest BCUT2D eigenvalue weighted by Gasteiger charge is 2.28. The van der Waals surface area contributed by atoms with Crippen LogP contribution in [0.25, 0.3) is 0 Å². The van der Waals surface area contributed by atoms with Gasteiger partial charge in [-0.1, -0.05) is 43.0 Å². The van der Waals surface area contributed by atoms with Gasteiger partial charge in [-0.15, -0.1) is 0 Å². The molecular weight excluding hydrogens is 433 g/mol. The quantitative estimate of drug-likeness (QED) is 0.412. The van der Waals surface area contributed by atoms with E-state index >= 15 is 0 Å². The van der Waals surface area contributed by atoms with Crippen molar-refractivity contribution in [1.29, 1.82) is 0 Å². The molecule has 1 saturated heterocycles. The monoisotopic (exact) mass is 463 g/mol. The summed E-state index contributed by atoms with van der Waals surface area (Å²) in [6.07, 6.45) is 6.36. The van der Waals surface area contributed by atoms with Gasteiger partial charge in [-0.3, -0.25) is 0 Å². The summed E-state index contributed by atoms with van der Waals surface area (Å²) in [6.45, 7) is 6.33. The predicted molar refractivity (Wildman–Crippen MR) is 117 cm³/mol. The van der Waals surface area contributed by atoms with Gasteiger partial charge in [0.15, 0.2) is 0 Å². The number of methoxy groups -OCH3 is 1. The second-order valence-electron chi connectivity index (χ2n) is 7.15. The predicted octanol–water partition coefficient (Wildman–Crippen LogP) is 4.45. The van der Waals surface area contributed by atoms with Crippen molar-refractivity contribution in [1.82, 2.24) is 4.90 Å². The Kier molecular flexibility index (Phi) is 12.8. The van der Waals surface area contributed by atoms with E-state index in [0.29, 0.717) is 28.7 Å². The van der Waals surface area contributed by atoms with E-state index in [1.54, 1.807) is 12.1 Å². The Morgan fingerprint density at radius 2 is 1.87 bits per heavy atom. The summed E-state index contributed by atoms with van der Waals surface area (Å²) in [5.74, 6) is -2.32. The Bertz CT molecular complexity index is 661. The number of carboxylic acids is 2. The zero-order chi connectivity index (χ0) is 22.5. The van der Waals surface area contributed by atoms with Crippen molar-refractivity contribution in [3.8, 4) is 5.75 Å². The number of likely N-dealkylation sites (tertiary alicyclic amines) is 1. The Labute approximate surface area is 187 Å². The standard InChI is InChI=1S/C19H29Cl2NO2.C2H2O4/c1-3-4-5-10-22-11-8-15(19(14-22)23-2)9-12-24-16-6-7-17(20)18(21)13-16;3-1(4)2(5)6/h6-7,13,15,19H,3-5,8-12,14H2,1-2H3;(H,3,4)(H,5,6). The summed E-state index contributed by atoms with van der Waals surface area (Å²) >= 11 is 11.9. The number of ether oxygens (including phenoxy) is 2. The number of piperidine rings is 1. The smallest absolute Gasteiger partial charge is 0.414 e. The molecule has 2 rings (SSSR count). The largest absolute Gasteiger partial charge is 0.494 e. The van der Waals surface area contributed by atoms with Crippen molar-refractivity contribution in [2.45, 2.75) is 45.1 Å². The Morgan fingerprint density at radius 1 is 1.17 bits per heavy atom. The molecule has 7 nitrogen and oxygen atoms in total.